The van der Waals surface area contributed by atoms with Crippen molar-refractivity contribution in [1.29, 1.82) is 0 Å². The van der Waals surface area contributed by atoms with E-state index in [1.807, 2.05) is 0 Å². The lowest BCUT2D eigenvalue weighted by Gasteiger charge is -2.31. The van der Waals surface area contributed by atoms with Crippen molar-refractivity contribution in [1.82, 2.24) is 0 Å². The Balaban J connectivity index is 0.000000458. The molecule has 1 atom stereocenters. The number of aliphatic hydroxyl groups excluding tert-OH is 1. The zero-order chi connectivity index (χ0) is 22.1. The summed E-state index contributed by atoms with van der Waals surface area (Å²) in [6.07, 6.45) is 11.8. The van der Waals surface area contributed by atoms with Gasteiger partial charge in [0.15, 0.2) is 6.29 Å². The van der Waals surface area contributed by atoms with Crippen molar-refractivity contribution in [2.45, 2.75) is 103 Å². The van der Waals surface area contributed by atoms with Gasteiger partial charge in [-0.15, -0.1) is 0 Å². The Labute approximate surface area is 175 Å². The van der Waals surface area contributed by atoms with Gasteiger partial charge in [0.25, 0.3) is 0 Å². The molecule has 10 heteroatoms. The molecular weight excluding hydrogens is 399 g/mol. The number of hydrogen-bond donors (Lipinski definition) is 3. The van der Waals surface area contributed by atoms with E-state index in [9.17, 15) is 19.5 Å². The molecule has 2 rings (SSSR count). The molecule has 0 saturated heterocycles. The number of hydrogen-bond acceptors (Lipinski definition) is 7. The maximum Gasteiger partial charge on any atom is 0.185 e. The van der Waals surface area contributed by atoms with E-state index in [1.165, 1.54) is 64.2 Å². The van der Waals surface area contributed by atoms with E-state index in [2.05, 4.69) is 16.0 Å². The second kappa shape index (κ2) is 17.6. The molecule has 7 N–H and O–H groups in total. The fourth-order valence-corrected chi connectivity index (χ4v) is 3.55. The average molecular weight is 443 g/mol. The van der Waals surface area contributed by atoms with Crippen LogP contribution in [0.5, 0.6) is 0 Å². The van der Waals surface area contributed by atoms with Crippen LogP contribution in [-0.2, 0) is 18.6 Å². The third kappa shape index (κ3) is 18.4. The Morgan fingerprint density at radius 2 is 1.28 bits per heavy atom. The van der Waals surface area contributed by atoms with Crippen LogP contribution < -0.4 is 21.3 Å². The summed E-state index contributed by atoms with van der Waals surface area (Å²) in [5.41, 5.74) is 8.00. The van der Waals surface area contributed by atoms with Crippen molar-refractivity contribution >= 4 is 7.82 Å². The average Bonchev–Trinajstić information content (AvgIpc) is 2.68. The molecular formula is C19H43N2O7P. The van der Waals surface area contributed by atoms with Crippen LogP contribution in [0.15, 0.2) is 0 Å². The summed E-state index contributed by atoms with van der Waals surface area (Å²) in [5, 5.41) is 9.36. The molecule has 1 unspecified atom stereocenters. The smallest absolute Gasteiger partial charge is 0.185 e. The number of phosphoric ester groups is 1. The predicted molar refractivity (Wildman–Crippen MR) is 106 cm³/mol. The van der Waals surface area contributed by atoms with Gasteiger partial charge >= 0.3 is 0 Å². The highest BCUT2D eigenvalue weighted by molar-refractivity contribution is 7.43. The monoisotopic (exact) mass is 442 g/mol. The molecule has 2 saturated carbocycles. The van der Waals surface area contributed by atoms with E-state index in [1.54, 1.807) is 13.8 Å². The largest absolute Gasteiger partial charge is 0.790 e. The molecule has 176 valence electrons. The molecule has 0 amide bonds. The van der Waals surface area contributed by atoms with E-state index in [4.69, 9.17) is 9.47 Å². The number of ether oxygens (including phenoxy) is 2. The molecule has 0 aromatic carbocycles. The van der Waals surface area contributed by atoms with Crippen LogP contribution in [0.1, 0.15) is 78.1 Å². The first-order valence-corrected chi connectivity index (χ1v) is 12.4. The maximum absolute atomic E-state index is 10.1. The van der Waals surface area contributed by atoms with E-state index < -0.39 is 26.8 Å². The lowest BCUT2D eigenvalue weighted by molar-refractivity contribution is -0.425. The number of phosphoric acid groups is 1. The van der Waals surface area contributed by atoms with Gasteiger partial charge in [0, 0.05) is 13.2 Å². The van der Waals surface area contributed by atoms with E-state index in [0.717, 1.165) is 12.1 Å². The second-order valence-electron chi connectivity index (χ2n) is 7.60. The molecule has 0 aromatic rings. The fraction of sp³-hybridized carbons (Fsp3) is 1.00. The molecule has 0 heterocycles. The molecule has 29 heavy (non-hydrogen) atoms. The van der Waals surface area contributed by atoms with E-state index in [0.29, 0.717) is 0 Å². The molecule has 2 aliphatic rings. The van der Waals surface area contributed by atoms with Gasteiger partial charge in [0.05, 0.1) is 26.5 Å². The SMILES string of the molecule is CCOC(OCC)C(O)COP(=O)([O-])[O-].[NH3+]C1CCCCC1.[NH3+]C1CCCCC1. The van der Waals surface area contributed by atoms with Crippen LogP contribution in [-0.4, -0.2) is 49.4 Å². The van der Waals surface area contributed by atoms with Crippen LogP contribution in [0.3, 0.4) is 0 Å². The van der Waals surface area contributed by atoms with Crippen LogP contribution in [0.2, 0.25) is 0 Å². The lowest BCUT2D eigenvalue weighted by Crippen LogP contribution is -2.61. The van der Waals surface area contributed by atoms with Gasteiger partial charge in [-0.3, -0.25) is 0 Å². The lowest BCUT2D eigenvalue weighted by atomic mass is 9.97. The minimum absolute atomic E-state index is 0.286. The van der Waals surface area contributed by atoms with Crippen LogP contribution in [0, 0.1) is 0 Å². The normalized spacial score (nSPS) is 19.7. The molecule has 0 aliphatic heterocycles. The highest BCUT2D eigenvalue weighted by atomic mass is 31.2. The van der Waals surface area contributed by atoms with Crippen molar-refractivity contribution < 1.29 is 44.9 Å². The predicted octanol–water partition coefficient (Wildman–Crippen LogP) is -0.286. The van der Waals surface area contributed by atoms with Crippen molar-refractivity contribution in [2.75, 3.05) is 19.8 Å². The Morgan fingerprint density at radius 3 is 1.52 bits per heavy atom. The van der Waals surface area contributed by atoms with Crippen LogP contribution in [0.25, 0.3) is 0 Å². The van der Waals surface area contributed by atoms with E-state index >= 15 is 0 Å². The summed E-state index contributed by atoms with van der Waals surface area (Å²) in [7, 11) is -5.07. The van der Waals surface area contributed by atoms with Gasteiger partial charge in [-0.05, 0) is 65.2 Å². The Bertz CT molecular complexity index is 391. The Hall–Kier alpha value is -0.0900. The molecule has 2 aliphatic carbocycles. The fourth-order valence-electron chi connectivity index (χ4n) is 3.22. The second-order valence-corrected chi connectivity index (χ2v) is 8.75. The first kappa shape index (κ1) is 28.9. The first-order valence-electron chi connectivity index (χ1n) is 10.9. The first-order chi connectivity index (χ1) is 13.7. The third-order valence-electron chi connectivity index (χ3n) is 4.83. The van der Waals surface area contributed by atoms with Crippen LogP contribution >= 0.6 is 7.82 Å². The van der Waals surface area contributed by atoms with Gasteiger partial charge < -0.3 is 44.9 Å². The highest BCUT2D eigenvalue weighted by Gasteiger charge is 2.20. The third-order valence-corrected chi connectivity index (χ3v) is 5.29. The summed E-state index contributed by atoms with van der Waals surface area (Å²) >= 11 is 0. The van der Waals surface area contributed by atoms with Crippen LogP contribution in [0.4, 0.5) is 0 Å². The highest BCUT2D eigenvalue weighted by Crippen LogP contribution is 2.25. The van der Waals surface area contributed by atoms with E-state index in [-0.39, 0.29) is 13.2 Å². The zero-order valence-electron chi connectivity index (χ0n) is 18.3. The number of quaternary nitrogens is 2. The molecule has 0 radical (unpaired) electrons. The summed E-state index contributed by atoms with van der Waals surface area (Å²) in [6.45, 7) is 3.27. The number of rotatable bonds is 8. The minimum atomic E-state index is -5.07. The van der Waals surface area contributed by atoms with Gasteiger partial charge in [-0.2, -0.15) is 0 Å². The summed E-state index contributed by atoms with van der Waals surface area (Å²) in [5.74, 6) is 0. The summed E-state index contributed by atoms with van der Waals surface area (Å²) < 4.78 is 24.0. The molecule has 0 aromatic heterocycles. The maximum atomic E-state index is 10.1. The van der Waals surface area contributed by atoms with Crippen molar-refractivity contribution in [3.8, 4) is 0 Å². The van der Waals surface area contributed by atoms with Crippen molar-refractivity contribution in [3.63, 3.8) is 0 Å². The van der Waals surface area contributed by atoms with Gasteiger partial charge in [-0.1, -0.05) is 12.8 Å². The summed E-state index contributed by atoms with van der Waals surface area (Å²) in [6, 6.07) is 1.57. The molecule has 2 fully saturated rings. The summed E-state index contributed by atoms with van der Waals surface area (Å²) in [4.78, 5) is 20.3. The quantitative estimate of drug-likeness (QED) is 0.343. The van der Waals surface area contributed by atoms with Crippen molar-refractivity contribution in [3.05, 3.63) is 0 Å². The number of aliphatic hydroxyl groups is 1. The minimum Gasteiger partial charge on any atom is -0.790 e. The molecule has 9 nitrogen and oxygen atoms in total. The van der Waals surface area contributed by atoms with Gasteiger partial charge in [0.2, 0.25) is 0 Å². The topological polar surface area (TPSA) is 166 Å². The standard InChI is InChI=1S/C7H17O7P.2C6H13N/c1-3-12-7(13-4-2)6(8)5-14-15(9,10)11;2*7-6-4-2-1-3-5-6/h6-8H,3-5H2,1-2H3,(H2,9,10,11);2*6H,1-5,7H2. The molecule has 0 spiro atoms. The van der Waals surface area contributed by atoms with Crippen molar-refractivity contribution in [2.24, 2.45) is 0 Å². The van der Waals surface area contributed by atoms with Gasteiger partial charge in [-0.25, -0.2) is 0 Å². The Morgan fingerprint density at radius 1 is 0.897 bits per heavy atom. The van der Waals surface area contributed by atoms with Gasteiger partial charge in [0.1, 0.15) is 6.10 Å². The Kier molecular flexibility index (Phi) is 17.5. The molecule has 0 bridgehead atoms. The zero-order valence-corrected chi connectivity index (χ0v) is 19.2.